The molecule has 0 bridgehead atoms. The van der Waals surface area contributed by atoms with Gasteiger partial charge in [0.15, 0.2) is 0 Å². The number of benzene rings is 3. The first-order valence-electron chi connectivity index (χ1n) is 8.97. The summed E-state index contributed by atoms with van der Waals surface area (Å²) >= 11 is 0. The van der Waals surface area contributed by atoms with E-state index in [2.05, 4.69) is 11.5 Å². The fraction of sp³-hybridized carbons (Fsp3) is 0.0417. The van der Waals surface area contributed by atoms with Gasteiger partial charge in [-0.15, -0.1) is 0 Å². The van der Waals surface area contributed by atoms with Crippen LogP contribution in [-0.4, -0.2) is 4.68 Å². The summed E-state index contributed by atoms with van der Waals surface area (Å²) in [5, 5.41) is 0. The first-order chi connectivity index (χ1) is 13.3. The number of aromatic nitrogens is 1. The normalized spacial score (nSPS) is 10.5. The number of pyridine rings is 1. The van der Waals surface area contributed by atoms with Gasteiger partial charge in [-0.25, -0.2) is 4.68 Å². The van der Waals surface area contributed by atoms with Crippen LogP contribution >= 0.6 is 0 Å². The van der Waals surface area contributed by atoms with Crippen molar-refractivity contribution in [3.63, 3.8) is 0 Å². The van der Waals surface area contributed by atoms with Crippen LogP contribution in [0.15, 0.2) is 108 Å². The number of hydrogen-bond acceptors (Lipinski definition) is 2. The lowest BCUT2D eigenvalue weighted by Crippen LogP contribution is -2.29. The fourth-order valence-electron chi connectivity index (χ4n) is 3.12. The van der Waals surface area contributed by atoms with Crippen molar-refractivity contribution in [1.82, 2.24) is 4.68 Å². The molecule has 0 radical (unpaired) electrons. The zero-order chi connectivity index (χ0) is 18.5. The van der Waals surface area contributed by atoms with Gasteiger partial charge in [-0.1, -0.05) is 91.0 Å². The highest BCUT2D eigenvalue weighted by atomic mass is 16.1. The Labute approximate surface area is 158 Å². The van der Waals surface area contributed by atoms with E-state index >= 15 is 0 Å². The maximum Gasteiger partial charge on any atom is 0.269 e. The average Bonchev–Trinajstić information content (AvgIpc) is 2.74. The second kappa shape index (κ2) is 7.75. The van der Waals surface area contributed by atoms with Gasteiger partial charge in [0.25, 0.3) is 5.56 Å². The predicted molar refractivity (Wildman–Crippen MR) is 111 cm³/mol. The molecule has 0 aliphatic heterocycles. The minimum absolute atomic E-state index is 0.0777. The first-order valence-corrected chi connectivity index (χ1v) is 8.97. The van der Waals surface area contributed by atoms with Gasteiger partial charge >= 0.3 is 0 Å². The molecule has 4 aromatic rings. The lowest BCUT2D eigenvalue weighted by Gasteiger charge is -2.17. The molecule has 0 saturated carbocycles. The SMILES string of the molecule is O=c1cc(-c2ccccc2)cc(-c2ccccc2)n1NCc1ccccc1. The summed E-state index contributed by atoms with van der Waals surface area (Å²) < 4.78 is 1.63. The van der Waals surface area contributed by atoms with Crippen LogP contribution in [0.5, 0.6) is 0 Å². The highest BCUT2D eigenvalue weighted by Crippen LogP contribution is 2.24. The van der Waals surface area contributed by atoms with E-state index in [1.807, 2.05) is 91.0 Å². The maximum absolute atomic E-state index is 12.9. The monoisotopic (exact) mass is 352 g/mol. The van der Waals surface area contributed by atoms with Gasteiger partial charge < -0.3 is 5.43 Å². The van der Waals surface area contributed by atoms with Gasteiger partial charge in [0.05, 0.1) is 12.2 Å². The molecule has 0 unspecified atom stereocenters. The summed E-state index contributed by atoms with van der Waals surface area (Å²) in [6.07, 6.45) is 0. The third-order valence-corrected chi connectivity index (χ3v) is 4.49. The van der Waals surface area contributed by atoms with Crippen molar-refractivity contribution in [3.8, 4) is 22.4 Å². The number of hydrogen-bond donors (Lipinski definition) is 1. The van der Waals surface area contributed by atoms with Crippen molar-refractivity contribution in [3.05, 3.63) is 119 Å². The van der Waals surface area contributed by atoms with E-state index in [1.165, 1.54) is 0 Å². The molecular formula is C24H20N2O. The zero-order valence-electron chi connectivity index (χ0n) is 14.9. The Kier molecular flexibility index (Phi) is 4.84. The fourth-order valence-corrected chi connectivity index (χ4v) is 3.12. The third kappa shape index (κ3) is 3.82. The lowest BCUT2D eigenvalue weighted by molar-refractivity contribution is 0.811. The Morgan fingerprint density at radius 3 is 1.81 bits per heavy atom. The van der Waals surface area contributed by atoms with E-state index in [4.69, 9.17) is 0 Å². The summed E-state index contributed by atoms with van der Waals surface area (Å²) in [4.78, 5) is 12.9. The largest absolute Gasteiger partial charge is 0.318 e. The molecule has 0 aliphatic rings. The molecule has 132 valence electrons. The third-order valence-electron chi connectivity index (χ3n) is 4.49. The zero-order valence-corrected chi connectivity index (χ0v) is 14.9. The molecule has 27 heavy (non-hydrogen) atoms. The molecule has 1 heterocycles. The first kappa shape index (κ1) is 16.9. The molecule has 0 spiro atoms. The van der Waals surface area contributed by atoms with Crippen LogP contribution in [0.2, 0.25) is 0 Å². The van der Waals surface area contributed by atoms with E-state index in [0.29, 0.717) is 6.54 Å². The van der Waals surface area contributed by atoms with Crippen LogP contribution in [0.4, 0.5) is 0 Å². The van der Waals surface area contributed by atoms with Crippen LogP contribution in [0.3, 0.4) is 0 Å². The number of nitrogens with one attached hydrogen (secondary N) is 1. The van der Waals surface area contributed by atoms with Gasteiger partial charge in [-0.2, -0.15) is 0 Å². The molecule has 0 amide bonds. The number of nitrogens with zero attached hydrogens (tertiary/aromatic N) is 1. The predicted octanol–water partition coefficient (Wildman–Crippen LogP) is 4.93. The lowest BCUT2D eigenvalue weighted by atomic mass is 10.0. The molecule has 1 N–H and O–H groups in total. The Morgan fingerprint density at radius 1 is 0.630 bits per heavy atom. The summed E-state index contributed by atoms with van der Waals surface area (Å²) in [6, 6.07) is 33.8. The molecule has 3 heteroatoms. The van der Waals surface area contributed by atoms with Gasteiger partial charge in [0, 0.05) is 11.6 Å². The van der Waals surface area contributed by atoms with E-state index in [1.54, 1.807) is 10.7 Å². The van der Waals surface area contributed by atoms with Crippen molar-refractivity contribution < 1.29 is 0 Å². The van der Waals surface area contributed by atoms with Crippen molar-refractivity contribution in [2.75, 3.05) is 5.43 Å². The molecule has 0 atom stereocenters. The van der Waals surface area contributed by atoms with Crippen molar-refractivity contribution in [2.24, 2.45) is 0 Å². The molecular weight excluding hydrogens is 332 g/mol. The van der Waals surface area contributed by atoms with E-state index < -0.39 is 0 Å². The Bertz CT molecular complexity index is 1070. The van der Waals surface area contributed by atoms with Crippen LogP contribution in [0.25, 0.3) is 22.4 Å². The van der Waals surface area contributed by atoms with Crippen molar-refractivity contribution in [2.45, 2.75) is 6.54 Å². The Balaban J connectivity index is 1.79. The number of rotatable bonds is 5. The second-order valence-corrected chi connectivity index (χ2v) is 6.36. The van der Waals surface area contributed by atoms with E-state index in [0.717, 1.165) is 27.9 Å². The molecule has 0 aliphatic carbocycles. The van der Waals surface area contributed by atoms with Crippen LogP contribution in [0, 0.1) is 0 Å². The molecule has 1 aromatic heterocycles. The standard InChI is InChI=1S/C24H20N2O/c27-24-17-22(20-12-6-2-7-13-20)16-23(21-14-8-3-9-15-21)26(24)25-18-19-10-4-1-5-11-19/h1-17,25H,18H2. The topological polar surface area (TPSA) is 34.0 Å². The van der Waals surface area contributed by atoms with Gasteiger partial charge in [-0.05, 0) is 22.8 Å². The summed E-state index contributed by atoms with van der Waals surface area (Å²) in [5.74, 6) is 0. The van der Waals surface area contributed by atoms with Crippen LogP contribution in [-0.2, 0) is 6.54 Å². The Hall–Kier alpha value is -3.59. The smallest absolute Gasteiger partial charge is 0.269 e. The minimum Gasteiger partial charge on any atom is -0.318 e. The Morgan fingerprint density at radius 2 is 1.19 bits per heavy atom. The highest BCUT2D eigenvalue weighted by Gasteiger charge is 2.10. The van der Waals surface area contributed by atoms with Crippen molar-refractivity contribution >= 4 is 0 Å². The maximum atomic E-state index is 12.9. The summed E-state index contributed by atoms with van der Waals surface area (Å²) in [6.45, 7) is 0.575. The van der Waals surface area contributed by atoms with E-state index in [-0.39, 0.29) is 5.56 Å². The van der Waals surface area contributed by atoms with Crippen LogP contribution < -0.4 is 11.0 Å². The molecule has 3 aromatic carbocycles. The van der Waals surface area contributed by atoms with E-state index in [9.17, 15) is 4.79 Å². The van der Waals surface area contributed by atoms with Crippen molar-refractivity contribution in [1.29, 1.82) is 0 Å². The van der Waals surface area contributed by atoms with Gasteiger partial charge in [0.1, 0.15) is 0 Å². The molecule has 0 saturated heterocycles. The highest BCUT2D eigenvalue weighted by molar-refractivity contribution is 5.70. The quantitative estimate of drug-likeness (QED) is 0.553. The molecule has 4 rings (SSSR count). The van der Waals surface area contributed by atoms with Crippen LogP contribution in [0.1, 0.15) is 5.56 Å². The molecule has 3 nitrogen and oxygen atoms in total. The summed E-state index contributed by atoms with van der Waals surface area (Å²) in [5.41, 5.74) is 8.10. The minimum atomic E-state index is -0.0777. The average molecular weight is 352 g/mol. The summed E-state index contributed by atoms with van der Waals surface area (Å²) in [7, 11) is 0. The van der Waals surface area contributed by atoms with Gasteiger partial charge in [-0.3, -0.25) is 4.79 Å². The molecule has 0 fully saturated rings. The van der Waals surface area contributed by atoms with Gasteiger partial charge in [0.2, 0.25) is 0 Å². The second-order valence-electron chi connectivity index (χ2n) is 6.36.